The topological polar surface area (TPSA) is 96.3 Å². The third kappa shape index (κ3) is 4.49. The molecule has 2 aliphatic rings. The second-order valence-corrected chi connectivity index (χ2v) is 9.35. The van der Waals surface area contributed by atoms with Crippen molar-refractivity contribution in [2.75, 3.05) is 13.1 Å². The first-order valence-corrected chi connectivity index (χ1v) is 11.9. The Bertz CT molecular complexity index is 1060. The van der Waals surface area contributed by atoms with E-state index in [0.717, 1.165) is 31.2 Å². The highest BCUT2D eigenvalue weighted by Gasteiger charge is 2.48. The van der Waals surface area contributed by atoms with Crippen molar-refractivity contribution in [3.63, 3.8) is 0 Å². The molecule has 2 aromatic rings. The summed E-state index contributed by atoms with van der Waals surface area (Å²) in [5.74, 6) is -0.935. The molecule has 0 bridgehead atoms. The van der Waals surface area contributed by atoms with Crippen molar-refractivity contribution in [2.45, 2.75) is 64.1 Å². The molecule has 2 N–H and O–H groups in total. The van der Waals surface area contributed by atoms with E-state index in [-0.39, 0.29) is 35.8 Å². The molecular weight excluding hydrogens is 442 g/mol. The maximum absolute atomic E-state index is 13.4. The van der Waals surface area contributed by atoms with Crippen LogP contribution in [-0.2, 0) is 17.8 Å². The van der Waals surface area contributed by atoms with Crippen LogP contribution in [0.3, 0.4) is 0 Å². The molecule has 0 spiro atoms. The quantitative estimate of drug-likeness (QED) is 0.649. The molecule has 1 aliphatic carbocycles. The van der Waals surface area contributed by atoms with Crippen LogP contribution in [0.2, 0.25) is 5.02 Å². The van der Waals surface area contributed by atoms with Gasteiger partial charge >= 0.3 is 0 Å². The molecule has 2 heterocycles. The van der Waals surface area contributed by atoms with E-state index in [1.165, 1.54) is 6.33 Å². The summed E-state index contributed by atoms with van der Waals surface area (Å²) >= 11 is 6.18. The SMILES string of the molecule is CCN1C(=O)c2c(C(=O)NCCc3ccccc3Cl)ncn2CC1(C)C(=O)NC1CCCC1. The van der Waals surface area contributed by atoms with Gasteiger partial charge in [-0.25, -0.2) is 4.98 Å². The lowest BCUT2D eigenvalue weighted by molar-refractivity contribution is -0.133. The Morgan fingerprint density at radius 2 is 1.97 bits per heavy atom. The second kappa shape index (κ2) is 9.55. The zero-order valence-electron chi connectivity index (χ0n) is 19.1. The van der Waals surface area contributed by atoms with Crippen LogP contribution >= 0.6 is 11.6 Å². The maximum Gasteiger partial charge on any atom is 0.273 e. The van der Waals surface area contributed by atoms with E-state index in [0.29, 0.717) is 24.5 Å². The van der Waals surface area contributed by atoms with Gasteiger partial charge in [-0.05, 0) is 44.7 Å². The third-order valence-electron chi connectivity index (χ3n) is 6.71. The van der Waals surface area contributed by atoms with E-state index in [1.54, 1.807) is 16.4 Å². The van der Waals surface area contributed by atoms with Crippen molar-refractivity contribution < 1.29 is 14.4 Å². The van der Waals surface area contributed by atoms with Crippen LogP contribution in [0, 0.1) is 0 Å². The number of hydrogen-bond donors (Lipinski definition) is 2. The number of carbonyl (C=O) groups is 3. The number of benzene rings is 1. The third-order valence-corrected chi connectivity index (χ3v) is 7.08. The maximum atomic E-state index is 13.4. The molecule has 176 valence electrons. The predicted molar refractivity (Wildman–Crippen MR) is 125 cm³/mol. The van der Waals surface area contributed by atoms with Gasteiger partial charge in [0.2, 0.25) is 5.91 Å². The highest BCUT2D eigenvalue weighted by molar-refractivity contribution is 6.31. The van der Waals surface area contributed by atoms with E-state index in [4.69, 9.17) is 11.6 Å². The minimum atomic E-state index is -1.04. The summed E-state index contributed by atoms with van der Waals surface area (Å²) in [5.41, 5.74) is 0.192. The summed E-state index contributed by atoms with van der Waals surface area (Å²) in [5, 5.41) is 6.61. The number of carbonyl (C=O) groups excluding carboxylic acids is 3. The van der Waals surface area contributed by atoms with E-state index in [9.17, 15) is 14.4 Å². The summed E-state index contributed by atoms with van der Waals surface area (Å²) in [4.78, 5) is 45.3. The van der Waals surface area contributed by atoms with Crippen molar-refractivity contribution in [2.24, 2.45) is 0 Å². The van der Waals surface area contributed by atoms with Gasteiger partial charge in [0.05, 0.1) is 12.9 Å². The number of nitrogens with zero attached hydrogens (tertiary/aromatic N) is 3. The van der Waals surface area contributed by atoms with Crippen LogP contribution in [0.25, 0.3) is 0 Å². The van der Waals surface area contributed by atoms with E-state index < -0.39 is 11.4 Å². The largest absolute Gasteiger partial charge is 0.351 e. The van der Waals surface area contributed by atoms with Gasteiger partial charge in [0, 0.05) is 24.2 Å². The van der Waals surface area contributed by atoms with Crippen molar-refractivity contribution in [1.29, 1.82) is 0 Å². The molecule has 1 saturated carbocycles. The van der Waals surface area contributed by atoms with Crippen molar-refractivity contribution in [1.82, 2.24) is 25.1 Å². The average Bonchev–Trinajstić information content (AvgIpc) is 3.45. The van der Waals surface area contributed by atoms with Crippen molar-refractivity contribution in [3.8, 4) is 0 Å². The lowest BCUT2D eigenvalue weighted by atomic mass is 9.94. The molecule has 4 rings (SSSR count). The first-order valence-electron chi connectivity index (χ1n) is 11.5. The van der Waals surface area contributed by atoms with Gasteiger partial charge in [0.15, 0.2) is 5.69 Å². The lowest BCUT2D eigenvalue weighted by Crippen LogP contribution is -2.64. The number of imidazole rings is 1. The summed E-state index contributed by atoms with van der Waals surface area (Å²) in [6.07, 6.45) is 6.20. The lowest BCUT2D eigenvalue weighted by Gasteiger charge is -2.43. The van der Waals surface area contributed by atoms with Gasteiger partial charge in [-0.1, -0.05) is 42.6 Å². The Morgan fingerprint density at radius 3 is 2.67 bits per heavy atom. The Balaban J connectivity index is 1.49. The zero-order chi connectivity index (χ0) is 23.6. The van der Waals surface area contributed by atoms with E-state index >= 15 is 0 Å². The molecular formula is C24H30ClN5O3. The minimum absolute atomic E-state index is 0.0795. The smallest absolute Gasteiger partial charge is 0.273 e. The van der Waals surface area contributed by atoms with Gasteiger partial charge in [-0.3, -0.25) is 14.4 Å². The number of fused-ring (bicyclic) bond motifs is 1. The fraction of sp³-hybridized carbons (Fsp3) is 0.500. The molecule has 8 nitrogen and oxygen atoms in total. The highest BCUT2D eigenvalue weighted by Crippen LogP contribution is 2.29. The normalized spacial score (nSPS) is 20.6. The molecule has 0 saturated heterocycles. The van der Waals surface area contributed by atoms with Gasteiger partial charge in [0.25, 0.3) is 11.8 Å². The fourth-order valence-electron chi connectivity index (χ4n) is 4.86. The first-order chi connectivity index (χ1) is 15.8. The van der Waals surface area contributed by atoms with Gasteiger partial charge in [-0.15, -0.1) is 0 Å². The van der Waals surface area contributed by atoms with Crippen LogP contribution in [-0.4, -0.2) is 56.8 Å². The molecule has 33 heavy (non-hydrogen) atoms. The van der Waals surface area contributed by atoms with Crippen LogP contribution in [0.4, 0.5) is 0 Å². The minimum Gasteiger partial charge on any atom is -0.351 e. The standard InChI is InChI=1S/C24H30ClN5O3/c1-3-30-22(32)20-19(21(31)26-13-12-16-8-4-7-11-18(16)25)27-15-29(20)14-24(30,2)23(33)28-17-9-5-6-10-17/h4,7-8,11,15,17H,3,5-6,9-10,12-14H2,1-2H3,(H,26,31)(H,28,33). The molecule has 1 aromatic carbocycles. The van der Waals surface area contributed by atoms with Crippen LogP contribution < -0.4 is 10.6 Å². The predicted octanol–water partition coefficient (Wildman–Crippen LogP) is 2.80. The Morgan fingerprint density at radius 1 is 1.24 bits per heavy atom. The van der Waals surface area contributed by atoms with Gasteiger partial charge in [0.1, 0.15) is 11.2 Å². The molecule has 9 heteroatoms. The molecule has 1 aromatic heterocycles. The Labute approximate surface area is 198 Å². The second-order valence-electron chi connectivity index (χ2n) is 8.95. The van der Waals surface area contributed by atoms with Crippen LogP contribution in [0.15, 0.2) is 30.6 Å². The number of aromatic nitrogens is 2. The van der Waals surface area contributed by atoms with E-state index in [1.807, 2.05) is 31.2 Å². The molecule has 0 radical (unpaired) electrons. The van der Waals surface area contributed by atoms with Crippen molar-refractivity contribution in [3.05, 3.63) is 52.6 Å². The highest BCUT2D eigenvalue weighted by atomic mass is 35.5. The number of halogens is 1. The average molecular weight is 472 g/mol. The fourth-order valence-corrected chi connectivity index (χ4v) is 5.09. The van der Waals surface area contributed by atoms with Crippen LogP contribution in [0.5, 0.6) is 0 Å². The number of rotatable bonds is 7. The summed E-state index contributed by atoms with van der Waals surface area (Å²) in [7, 11) is 0. The van der Waals surface area contributed by atoms with Crippen LogP contribution in [0.1, 0.15) is 66.1 Å². The molecule has 1 aliphatic heterocycles. The summed E-state index contributed by atoms with van der Waals surface area (Å²) in [6, 6.07) is 7.63. The van der Waals surface area contributed by atoms with Gasteiger partial charge < -0.3 is 20.1 Å². The van der Waals surface area contributed by atoms with Crippen molar-refractivity contribution >= 4 is 29.3 Å². The number of amides is 3. The summed E-state index contributed by atoms with van der Waals surface area (Å²) in [6.45, 7) is 4.59. The number of hydrogen-bond acceptors (Lipinski definition) is 4. The van der Waals surface area contributed by atoms with E-state index in [2.05, 4.69) is 15.6 Å². The monoisotopic (exact) mass is 471 g/mol. The Hall–Kier alpha value is -2.87. The zero-order valence-corrected chi connectivity index (χ0v) is 19.8. The first kappa shape index (κ1) is 23.3. The molecule has 1 atom stereocenters. The Kier molecular flexibility index (Phi) is 6.74. The number of likely N-dealkylation sites (N-methyl/N-ethyl adjacent to an activating group) is 1. The molecule has 1 unspecified atom stereocenters. The summed E-state index contributed by atoms with van der Waals surface area (Å²) < 4.78 is 1.63. The van der Waals surface area contributed by atoms with Gasteiger partial charge in [-0.2, -0.15) is 0 Å². The molecule has 3 amide bonds. The molecule has 1 fully saturated rings. The number of nitrogens with one attached hydrogen (secondary N) is 2.